The van der Waals surface area contributed by atoms with Gasteiger partial charge in [-0.2, -0.15) is 0 Å². The number of amides is 1. The minimum absolute atomic E-state index is 0.0189. The molecule has 4 nitrogen and oxygen atoms in total. The Labute approximate surface area is 154 Å². The summed E-state index contributed by atoms with van der Waals surface area (Å²) < 4.78 is 5.31. The number of piperazine rings is 1. The Morgan fingerprint density at radius 1 is 1.12 bits per heavy atom. The van der Waals surface area contributed by atoms with Gasteiger partial charge < -0.3 is 9.64 Å². The second-order valence-electron chi connectivity index (χ2n) is 6.40. The maximum absolute atomic E-state index is 12.8. The van der Waals surface area contributed by atoms with Crippen LogP contribution in [0.4, 0.5) is 0 Å². The lowest BCUT2D eigenvalue weighted by molar-refractivity contribution is 0.0625. The predicted octanol–water partition coefficient (Wildman–Crippen LogP) is 3.62. The molecule has 2 aromatic rings. The molecule has 0 aromatic heterocycles. The van der Waals surface area contributed by atoms with Crippen LogP contribution in [0.15, 0.2) is 42.5 Å². The van der Waals surface area contributed by atoms with Gasteiger partial charge in [-0.1, -0.05) is 41.4 Å². The van der Waals surface area contributed by atoms with Crippen LogP contribution in [0.2, 0.25) is 5.02 Å². The Hall–Kier alpha value is -2.04. The number of rotatable bonds is 4. The summed E-state index contributed by atoms with van der Waals surface area (Å²) in [5.41, 5.74) is 3.12. The van der Waals surface area contributed by atoms with Crippen molar-refractivity contribution in [2.45, 2.75) is 13.5 Å². The number of nitrogens with zero attached hydrogens (tertiary/aromatic N) is 2. The lowest BCUT2D eigenvalue weighted by Crippen LogP contribution is -2.48. The molecule has 0 unspecified atom stereocenters. The Bertz CT molecular complexity index is 755. The average molecular weight is 359 g/mol. The first kappa shape index (κ1) is 17.8. The highest BCUT2D eigenvalue weighted by atomic mass is 35.5. The summed E-state index contributed by atoms with van der Waals surface area (Å²) in [5, 5.41) is 0.544. The van der Waals surface area contributed by atoms with E-state index in [4.69, 9.17) is 16.3 Å². The topological polar surface area (TPSA) is 32.8 Å². The van der Waals surface area contributed by atoms with Crippen molar-refractivity contribution in [2.75, 3.05) is 33.3 Å². The van der Waals surface area contributed by atoms with E-state index in [1.165, 1.54) is 11.1 Å². The van der Waals surface area contributed by atoms with Gasteiger partial charge >= 0.3 is 0 Å². The van der Waals surface area contributed by atoms with Crippen LogP contribution in [-0.2, 0) is 6.54 Å². The molecule has 1 aliphatic heterocycles. The van der Waals surface area contributed by atoms with E-state index >= 15 is 0 Å². The molecule has 1 fully saturated rings. The van der Waals surface area contributed by atoms with E-state index in [1.807, 2.05) is 4.90 Å². The number of halogens is 1. The van der Waals surface area contributed by atoms with Gasteiger partial charge in [-0.05, 0) is 30.7 Å². The van der Waals surface area contributed by atoms with Gasteiger partial charge in [-0.3, -0.25) is 9.69 Å². The Kier molecular flexibility index (Phi) is 5.61. The molecule has 1 amide bonds. The summed E-state index contributed by atoms with van der Waals surface area (Å²) in [7, 11) is 1.57. The van der Waals surface area contributed by atoms with Crippen molar-refractivity contribution < 1.29 is 9.53 Å². The van der Waals surface area contributed by atoms with Gasteiger partial charge in [-0.25, -0.2) is 0 Å². The highest BCUT2D eigenvalue weighted by Gasteiger charge is 2.24. The van der Waals surface area contributed by atoms with Crippen molar-refractivity contribution in [3.63, 3.8) is 0 Å². The highest BCUT2D eigenvalue weighted by Crippen LogP contribution is 2.24. The van der Waals surface area contributed by atoms with E-state index < -0.39 is 0 Å². The SMILES string of the molecule is COc1ccc(Cl)cc1C(=O)N1CCN(Cc2cccc(C)c2)CC1. The third kappa shape index (κ3) is 4.33. The molecule has 132 valence electrons. The lowest BCUT2D eigenvalue weighted by atomic mass is 10.1. The quantitative estimate of drug-likeness (QED) is 0.837. The number of carbonyl (C=O) groups is 1. The van der Waals surface area contributed by atoms with Crippen LogP contribution >= 0.6 is 11.6 Å². The third-order valence-electron chi connectivity index (χ3n) is 4.54. The smallest absolute Gasteiger partial charge is 0.257 e. The molecule has 0 saturated carbocycles. The lowest BCUT2D eigenvalue weighted by Gasteiger charge is -2.35. The van der Waals surface area contributed by atoms with E-state index in [1.54, 1.807) is 25.3 Å². The van der Waals surface area contributed by atoms with Gasteiger partial charge in [0.2, 0.25) is 0 Å². The van der Waals surface area contributed by atoms with E-state index in [9.17, 15) is 4.79 Å². The molecule has 1 aliphatic rings. The number of benzene rings is 2. The molecule has 0 atom stereocenters. The Morgan fingerprint density at radius 2 is 1.88 bits per heavy atom. The molecule has 25 heavy (non-hydrogen) atoms. The van der Waals surface area contributed by atoms with Gasteiger partial charge in [0.15, 0.2) is 0 Å². The predicted molar refractivity (Wildman–Crippen MR) is 100 cm³/mol. The van der Waals surface area contributed by atoms with Crippen molar-refractivity contribution in [1.29, 1.82) is 0 Å². The molecule has 5 heteroatoms. The van der Waals surface area contributed by atoms with Crippen LogP contribution < -0.4 is 4.74 Å². The van der Waals surface area contributed by atoms with Crippen molar-refractivity contribution in [3.05, 3.63) is 64.2 Å². The van der Waals surface area contributed by atoms with E-state index in [0.29, 0.717) is 29.4 Å². The largest absolute Gasteiger partial charge is 0.496 e. The maximum Gasteiger partial charge on any atom is 0.257 e. The summed E-state index contributed by atoms with van der Waals surface area (Å²) >= 11 is 6.05. The summed E-state index contributed by atoms with van der Waals surface area (Å²) in [5.74, 6) is 0.547. The van der Waals surface area contributed by atoms with Gasteiger partial charge in [0.25, 0.3) is 5.91 Å². The van der Waals surface area contributed by atoms with Crippen molar-refractivity contribution >= 4 is 17.5 Å². The monoisotopic (exact) mass is 358 g/mol. The van der Waals surface area contributed by atoms with E-state index in [0.717, 1.165) is 19.6 Å². The Morgan fingerprint density at radius 3 is 2.56 bits per heavy atom. The second kappa shape index (κ2) is 7.89. The normalized spacial score (nSPS) is 15.2. The number of hydrogen-bond acceptors (Lipinski definition) is 3. The first-order valence-electron chi connectivity index (χ1n) is 8.47. The molecule has 0 aliphatic carbocycles. The van der Waals surface area contributed by atoms with Crippen LogP contribution in [0.5, 0.6) is 5.75 Å². The standard InChI is InChI=1S/C20H23ClN2O2/c1-15-4-3-5-16(12-15)14-22-8-10-23(11-9-22)20(24)18-13-17(21)6-7-19(18)25-2/h3-7,12-13H,8-11,14H2,1-2H3. The van der Waals surface area contributed by atoms with Crippen LogP contribution in [0.3, 0.4) is 0 Å². The zero-order valence-corrected chi connectivity index (χ0v) is 15.4. The number of carbonyl (C=O) groups excluding carboxylic acids is 1. The molecular weight excluding hydrogens is 336 g/mol. The second-order valence-corrected chi connectivity index (χ2v) is 6.84. The molecule has 2 aromatic carbocycles. The van der Waals surface area contributed by atoms with Gasteiger partial charge in [0, 0.05) is 37.7 Å². The summed E-state index contributed by atoms with van der Waals surface area (Å²) in [4.78, 5) is 17.1. The van der Waals surface area contributed by atoms with Crippen LogP contribution in [0, 0.1) is 6.92 Å². The minimum Gasteiger partial charge on any atom is -0.496 e. The fraction of sp³-hybridized carbons (Fsp3) is 0.350. The minimum atomic E-state index is -0.0189. The molecule has 0 spiro atoms. The molecule has 1 heterocycles. The maximum atomic E-state index is 12.8. The number of methoxy groups -OCH3 is 1. The molecule has 0 N–H and O–H groups in total. The fourth-order valence-electron chi connectivity index (χ4n) is 3.20. The first-order valence-corrected chi connectivity index (χ1v) is 8.85. The Balaban J connectivity index is 1.62. The molecule has 1 saturated heterocycles. The van der Waals surface area contributed by atoms with Gasteiger partial charge in [0.1, 0.15) is 5.75 Å². The van der Waals surface area contributed by atoms with Crippen LogP contribution in [0.1, 0.15) is 21.5 Å². The molecule has 0 bridgehead atoms. The van der Waals surface area contributed by atoms with Crippen molar-refractivity contribution in [3.8, 4) is 5.75 Å². The zero-order chi connectivity index (χ0) is 17.8. The average Bonchev–Trinajstić information content (AvgIpc) is 2.62. The summed E-state index contributed by atoms with van der Waals surface area (Å²) in [6, 6.07) is 13.7. The zero-order valence-electron chi connectivity index (χ0n) is 14.7. The molecule has 3 rings (SSSR count). The number of hydrogen-bond donors (Lipinski definition) is 0. The van der Waals surface area contributed by atoms with Crippen LogP contribution in [-0.4, -0.2) is 49.0 Å². The van der Waals surface area contributed by atoms with E-state index in [2.05, 4.69) is 36.1 Å². The highest BCUT2D eigenvalue weighted by molar-refractivity contribution is 6.31. The van der Waals surface area contributed by atoms with Crippen LogP contribution in [0.25, 0.3) is 0 Å². The molecule has 0 radical (unpaired) electrons. The number of ether oxygens (including phenoxy) is 1. The van der Waals surface area contributed by atoms with Gasteiger partial charge in [0.05, 0.1) is 12.7 Å². The summed E-state index contributed by atoms with van der Waals surface area (Å²) in [6.07, 6.45) is 0. The third-order valence-corrected chi connectivity index (χ3v) is 4.78. The molecular formula is C20H23ClN2O2. The fourth-order valence-corrected chi connectivity index (χ4v) is 3.37. The van der Waals surface area contributed by atoms with Crippen molar-refractivity contribution in [2.24, 2.45) is 0 Å². The summed E-state index contributed by atoms with van der Waals surface area (Å²) in [6.45, 7) is 6.18. The number of aryl methyl sites for hydroxylation is 1. The van der Waals surface area contributed by atoms with Crippen molar-refractivity contribution in [1.82, 2.24) is 9.80 Å². The van der Waals surface area contributed by atoms with Gasteiger partial charge in [-0.15, -0.1) is 0 Å². The van der Waals surface area contributed by atoms with E-state index in [-0.39, 0.29) is 5.91 Å². The first-order chi connectivity index (χ1) is 12.1.